The Morgan fingerprint density at radius 1 is 1.24 bits per heavy atom. The summed E-state index contributed by atoms with van der Waals surface area (Å²) in [6.45, 7) is 7.13. The van der Waals surface area contributed by atoms with Gasteiger partial charge >= 0.3 is 0 Å². The van der Waals surface area contributed by atoms with E-state index in [1.54, 1.807) is 19.5 Å². The molecule has 3 heterocycles. The van der Waals surface area contributed by atoms with Crippen molar-refractivity contribution in [1.82, 2.24) is 9.88 Å². The summed E-state index contributed by atoms with van der Waals surface area (Å²) in [5.41, 5.74) is 2.10. The number of carbonyl (C=O) groups excluding carboxylic acids is 1. The number of aliphatic hydroxyl groups excluding tert-OH is 1. The van der Waals surface area contributed by atoms with Crippen LogP contribution in [0.5, 0.6) is 11.5 Å². The molecule has 1 spiro atoms. The summed E-state index contributed by atoms with van der Waals surface area (Å²) in [5, 5.41) is 10.6. The number of aliphatic hydroxyl groups is 1. The van der Waals surface area contributed by atoms with E-state index in [1.165, 1.54) is 0 Å². The zero-order valence-corrected chi connectivity index (χ0v) is 19.9. The molecule has 1 amide bonds. The van der Waals surface area contributed by atoms with Crippen molar-refractivity contribution >= 4 is 5.91 Å². The van der Waals surface area contributed by atoms with Crippen LogP contribution in [0.3, 0.4) is 0 Å². The van der Waals surface area contributed by atoms with Gasteiger partial charge in [0.15, 0.2) is 0 Å². The molecule has 1 aromatic heterocycles. The number of aromatic nitrogens is 1. The van der Waals surface area contributed by atoms with E-state index >= 15 is 0 Å². The monoisotopic (exact) mass is 454 g/mol. The molecular formula is C26H34N2O5. The zero-order valence-electron chi connectivity index (χ0n) is 19.9. The maximum absolute atomic E-state index is 13.2. The van der Waals surface area contributed by atoms with Gasteiger partial charge in [-0.05, 0) is 63.4 Å². The van der Waals surface area contributed by atoms with E-state index in [-0.39, 0.29) is 18.1 Å². The van der Waals surface area contributed by atoms with E-state index in [1.807, 2.05) is 49.9 Å². The quantitative estimate of drug-likeness (QED) is 0.733. The molecule has 2 saturated heterocycles. The maximum atomic E-state index is 13.2. The van der Waals surface area contributed by atoms with Crippen molar-refractivity contribution in [3.05, 3.63) is 53.3 Å². The summed E-state index contributed by atoms with van der Waals surface area (Å²) in [6, 6.07) is 7.53. The molecule has 0 radical (unpaired) electrons. The lowest BCUT2D eigenvalue weighted by Gasteiger charge is -2.48. The van der Waals surface area contributed by atoms with Gasteiger partial charge in [-0.3, -0.25) is 9.78 Å². The average molecular weight is 455 g/mol. The largest absolute Gasteiger partial charge is 0.495 e. The number of piperidine rings is 1. The van der Waals surface area contributed by atoms with E-state index in [0.29, 0.717) is 50.1 Å². The lowest BCUT2D eigenvalue weighted by Crippen LogP contribution is -2.52. The van der Waals surface area contributed by atoms with Gasteiger partial charge in [-0.1, -0.05) is 0 Å². The van der Waals surface area contributed by atoms with Gasteiger partial charge in [-0.15, -0.1) is 0 Å². The minimum atomic E-state index is -0.451. The van der Waals surface area contributed by atoms with Crippen molar-refractivity contribution in [2.75, 3.05) is 20.2 Å². The molecule has 178 valence electrons. The van der Waals surface area contributed by atoms with Crippen LogP contribution < -0.4 is 9.47 Å². The molecule has 2 fully saturated rings. The highest BCUT2D eigenvalue weighted by molar-refractivity contribution is 5.94. The molecule has 1 aromatic carbocycles. The molecule has 33 heavy (non-hydrogen) atoms. The first-order chi connectivity index (χ1) is 15.8. The van der Waals surface area contributed by atoms with Crippen LogP contribution in [0.1, 0.15) is 67.1 Å². The van der Waals surface area contributed by atoms with Crippen LogP contribution in [0.15, 0.2) is 36.7 Å². The molecule has 0 aliphatic carbocycles. The third-order valence-corrected chi connectivity index (χ3v) is 6.57. The van der Waals surface area contributed by atoms with Gasteiger partial charge in [0.05, 0.1) is 37.2 Å². The Bertz CT molecular complexity index is 984. The first-order valence-electron chi connectivity index (χ1n) is 11.7. The number of aryl methyl sites for hydroxylation is 1. The molecule has 0 unspecified atom stereocenters. The average Bonchev–Trinajstić information content (AvgIpc) is 2.80. The molecule has 2 aliphatic rings. The van der Waals surface area contributed by atoms with Crippen LogP contribution in [0.25, 0.3) is 0 Å². The van der Waals surface area contributed by atoms with Gasteiger partial charge in [-0.2, -0.15) is 0 Å². The van der Waals surface area contributed by atoms with E-state index in [2.05, 4.69) is 4.98 Å². The molecule has 0 saturated carbocycles. The molecule has 1 N–H and O–H groups in total. The molecule has 4 rings (SSSR count). The lowest BCUT2D eigenvalue weighted by molar-refractivity contribution is -0.181. The maximum Gasteiger partial charge on any atom is 0.253 e. The standard InChI is InChI=1S/C26H34N2O5/c1-17(2)32-23-6-5-19(11-18(23)3)25(30)28-9-7-26(8-10-28)14-21(29)13-24(33-26)20-12-22(31-4)16-27-15-20/h5-6,11-12,15-17,21,24,29H,7-10,13-14H2,1-4H3/t21-,24-/m0/s1. The fraction of sp³-hybridized carbons (Fsp3) is 0.538. The Morgan fingerprint density at radius 2 is 2.00 bits per heavy atom. The summed E-state index contributed by atoms with van der Waals surface area (Å²) in [6.07, 6.45) is 5.33. The molecule has 2 aromatic rings. The van der Waals surface area contributed by atoms with Crippen LogP contribution in [0.2, 0.25) is 0 Å². The summed E-state index contributed by atoms with van der Waals surface area (Å²) in [7, 11) is 1.61. The third kappa shape index (κ3) is 5.31. The number of hydrogen-bond donors (Lipinski definition) is 1. The summed E-state index contributed by atoms with van der Waals surface area (Å²) in [4.78, 5) is 19.3. The van der Waals surface area contributed by atoms with Crippen LogP contribution >= 0.6 is 0 Å². The van der Waals surface area contributed by atoms with E-state index in [4.69, 9.17) is 14.2 Å². The van der Waals surface area contributed by atoms with Crippen molar-refractivity contribution in [2.24, 2.45) is 0 Å². The first-order valence-corrected chi connectivity index (χ1v) is 11.7. The zero-order chi connectivity index (χ0) is 23.6. The molecule has 2 atom stereocenters. The lowest BCUT2D eigenvalue weighted by atomic mass is 9.81. The number of methoxy groups -OCH3 is 1. The molecule has 0 bridgehead atoms. The third-order valence-electron chi connectivity index (χ3n) is 6.57. The SMILES string of the molecule is COc1cncc([C@@H]2C[C@H](O)CC3(CCN(C(=O)c4ccc(OC(C)C)c(C)c4)CC3)O2)c1. The van der Waals surface area contributed by atoms with Crippen molar-refractivity contribution in [3.8, 4) is 11.5 Å². The van der Waals surface area contributed by atoms with E-state index in [0.717, 1.165) is 16.9 Å². The highest BCUT2D eigenvalue weighted by Gasteiger charge is 2.44. The molecule has 7 nitrogen and oxygen atoms in total. The Hall–Kier alpha value is -2.64. The van der Waals surface area contributed by atoms with E-state index in [9.17, 15) is 9.90 Å². The molecule has 2 aliphatic heterocycles. The number of benzene rings is 1. The van der Waals surface area contributed by atoms with E-state index < -0.39 is 11.7 Å². The fourth-order valence-corrected chi connectivity index (χ4v) is 4.88. The Morgan fingerprint density at radius 3 is 2.67 bits per heavy atom. The van der Waals surface area contributed by atoms with Gasteiger partial charge in [0.2, 0.25) is 0 Å². The van der Waals surface area contributed by atoms with Crippen LogP contribution in [0, 0.1) is 6.92 Å². The highest BCUT2D eigenvalue weighted by atomic mass is 16.5. The van der Waals surface area contributed by atoms with Crippen molar-refractivity contribution in [1.29, 1.82) is 0 Å². The van der Waals surface area contributed by atoms with Gasteiger partial charge in [0, 0.05) is 43.3 Å². The topological polar surface area (TPSA) is 81.1 Å². The Kier molecular flexibility index (Phi) is 6.91. The number of nitrogens with zero attached hydrogens (tertiary/aromatic N) is 2. The fourth-order valence-electron chi connectivity index (χ4n) is 4.88. The van der Waals surface area contributed by atoms with Gasteiger partial charge < -0.3 is 24.2 Å². The Balaban J connectivity index is 1.42. The van der Waals surface area contributed by atoms with Gasteiger partial charge in [0.25, 0.3) is 5.91 Å². The summed E-state index contributed by atoms with van der Waals surface area (Å²) < 4.78 is 17.7. The van der Waals surface area contributed by atoms with Gasteiger partial charge in [-0.25, -0.2) is 0 Å². The number of likely N-dealkylation sites (tertiary alicyclic amines) is 1. The van der Waals surface area contributed by atoms with Crippen molar-refractivity contribution < 1.29 is 24.1 Å². The minimum absolute atomic E-state index is 0.0222. The second-order valence-corrected chi connectivity index (χ2v) is 9.48. The van der Waals surface area contributed by atoms with Crippen LogP contribution in [-0.2, 0) is 4.74 Å². The van der Waals surface area contributed by atoms with Crippen LogP contribution in [0.4, 0.5) is 0 Å². The predicted octanol–water partition coefficient (Wildman–Crippen LogP) is 4.07. The van der Waals surface area contributed by atoms with Crippen molar-refractivity contribution in [3.63, 3.8) is 0 Å². The Labute approximate surface area is 195 Å². The number of hydrogen-bond acceptors (Lipinski definition) is 6. The predicted molar refractivity (Wildman–Crippen MR) is 125 cm³/mol. The summed E-state index contributed by atoms with van der Waals surface area (Å²) in [5.74, 6) is 1.50. The van der Waals surface area contributed by atoms with Crippen LogP contribution in [-0.4, -0.2) is 58.9 Å². The number of rotatable bonds is 5. The van der Waals surface area contributed by atoms with Gasteiger partial charge in [0.1, 0.15) is 11.5 Å². The second-order valence-electron chi connectivity index (χ2n) is 9.48. The summed E-state index contributed by atoms with van der Waals surface area (Å²) >= 11 is 0. The minimum Gasteiger partial charge on any atom is -0.495 e. The normalized spacial score (nSPS) is 22.4. The number of amides is 1. The molecular weight excluding hydrogens is 420 g/mol. The molecule has 7 heteroatoms. The second kappa shape index (κ2) is 9.69. The first kappa shape index (κ1) is 23.5. The number of carbonyl (C=O) groups is 1. The highest BCUT2D eigenvalue weighted by Crippen LogP contribution is 2.43. The number of ether oxygens (including phenoxy) is 3. The number of pyridine rings is 1. The smallest absolute Gasteiger partial charge is 0.253 e. The van der Waals surface area contributed by atoms with Crippen molar-refractivity contribution in [2.45, 2.75) is 70.4 Å².